The Bertz CT molecular complexity index is 944. The summed E-state index contributed by atoms with van der Waals surface area (Å²) in [5, 5.41) is 5.58. The Morgan fingerprint density at radius 1 is 1.12 bits per heavy atom. The molecular formula is C20H24FN5. The second-order valence-corrected chi connectivity index (χ2v) is 7.41. The standard InChI is InChI=1S/C20H24FN5/c1-12-7-15-10-22-26(20-8-13(2)23-14(3)24-20)19(15)9-17(12)16-5-6-25(4)11-18(16)21/h7-10,16,18H,5-6,11H2,1-4H3. The van der Waals surface area contributed by atoms with Crippen molar-refractivity contribution in [3.05, 3.63) is 47.0 Å². The molecular weight excluding hydrogens is 329 g/mol. The fraction of sp³-hybridized carbons (Fsp3) is 0.450. The monoisotopic (exact) mass is 353 g/mol. The molecule has 0 saturated carbocycles. The molecule has 2 unspecified atom stereocenters. The Hall–Kier alpha value is -2.34. The maximum absolute atomic E-state index is 14.7. The summed E-state index contributed by atoms with van der Waals surface area (Å²) in [7, 11) is 1.98. The molecule has 1 aliphatic rings. The first-order valence-corrected chi connectivity index (χ1v) is 9.06. The molecule has 1 fully saturated rings. The van der Waals surface area contributed by atoms with Crippen LogP contribution in [0.3, 0.4) is 0 Å². The lowest BCUT2D eigenvalue weighted by Gasteiger charge is -2.33. The first-order chi connectivity index (χ1) is 12.4. The van der Waals surface area contributed by atoms with E-state index in [2.05, 4.69) is 39.0 Å². The first-order valence-electron chi connectivity index (χ1n) is 9.06. The van der Waals surface area contributed by atoms with Crippen molar-refractivity contribution in [2.24, 2.45) is 0 Å². The molecule has 2 atom stereocenters. The van der Waals surface area contributed by atoms with Gasteiger partial charge in [-0.2, -0.15) is 5.10 Å². The van der Waals surface area contributed by atoms with Gasteiger partial charge < -0.3 is 4.90 Å². The van der Waals surface area contributed by atoms with Crippen LogP contribution < -0.4 is 0 Å². The van der Waals surface area contributed by atoms with E-state index in [0.717, 1.165) is 52.3 Å². The first kappa shape index (κ1) is 17.1. The van der Waals surface area contributed by atoms with Crippen LogP contribution in [0.5, 0.6) is 0 Å². The highest BCUT2D eigenvalue weighted by molar-refractivity contribution is 5.82. The molecule has 0 spiro atoms. The third kappa shape index (κ3) is 2.98. The second kappa shape index (κ2) is 6.43. The van der Waals surface area contributed by atoms with Gasteiger partial charge in [-0.05, 0) is 64.0 Å². The Morgan fingerprint density at radius 2 is 1.92 bits per heavy atom. The normalized spacial score (nSPS) is 21.4. The number of rotatable bonds is 2. The summed E-state index contributed by atoms with van der Waals surface area (Å²) in [5.74, 6) is 1.41. The smallest absolute Gasteiger partial charge is 0.157 e. The average molecular weight is 353 g/mol. The van der Waals surface area contributed by atoms with Gasteiger partial charge in [-0.15, -0.1) is 0 Å². The molecule has 136 valence electrons. The molecule has 2 aromatic heterocycles. The topological polar surface area (TPSA) is 46.8 Å². The van der Waals surface area contributed by atoms with Gasteiger partial charge in [0, 0.05) is 29.6 Å². The van der Waals surface area contributed by atoms with Gasteiger partial charge in [0.05, 0.1) is 11.7 Å². The van der Waals surface area contributed by atoms with Crippen LogP contribution in [0, 0.1) is 20.8 Å². The van der Waals surface area contributed by atoms with Crippen LogP contribution in [0.25, 0.3) is 16.7 Å². The molecule has 26 heavy (non-hydrogen) atoms. The van der Waals surface area contributed by atoms with Gasteiger partial charge in [-0.25, -0.2) is 19.0 Å². The van der Waals surface area contributed by atoms with Crippen molar-refractivity contribution < 1.29 is 4.39 Å². The Morgan fingerprint density at radius 3 is 2.65 bits per heavy atom. The van der Waals surface area contributed by atoms with E-state index < -0.39 is 6.17 Å². The predicted molar refractivity (Wildman–Crippen MR) is 101 cm³/mol. The molecule has 0 N–H and O–H groups in total. The number of alkyl halides is 1. The zero-order valence-electron chi connectivity index (χ0n) is 15.7. The van der Waals surface area contributed by atoms with Gasteiger partial charge >= 0.3 is 0 Å². The van der Waals surface area contributed by atoms with E-state index >= 15 is 0 Å². The second-order valence-electron chi connectivity index (χ2n) is 7.41. The zero-order chi connectivity index (χ0) is 18.4. The molecule has 3 heterocycles. The Balaban J connectivity index is 1.83. The van der Waals surface area contributed by atoms with E-state index in [9.17, 15) is 4.39 Å². The fourth-order valence-electron chi connectivity index (χ4n) is 4.00. The maximum Gasteiger partial charge on any atom is 0.157 e. The van der Waals surface area contributed by atoms with E-state index in [-0.39, 0.29) is 5.92 Å². The molecule has 1 saturated heterocycles. The van der Waals surface area contributed by atoms with E-state index in [1.165, 1.54) is 0 Å². The summed E-state index contributed by atoms with van der Waals surface area (Å²) in [5.41, 5.74) is 4.09. The number of aromatic nitrogens is 4. The third-order valence-corrected chi connectivity index (χ3v) is 5.27. The Labute approximate surface area is 152 Å². The Kier molecular flexibility index (Phi) is 4.23. The molecule has 0 radical (unpaired) electrons. The van der Waals surface area contributed by atoms with Gasteiger partial charge in [-0.3, -0.25) is 0 Å². The van der Waals surface area contributed by atoms with Gasteiger partial charge in [0.15, 0.2) is 5.82 Å². The summed E-state index contributed by atoms with van der Waals surface area (Å²) in [6, 6.07) is 6.14. The van der Waals surface area contributed by atoms with Crippen molar-refractivity contribution in [3.63, 3.8) is 0 Å². The number of hydrogen-bond donors (Lipinski definition) is 0. The highest BCUT2D eigenvalue weighted by Crippen LogP contribution is 2.34. The molecule has 6 heteroatoms. The molecule has 0 amide bonds. The number of likely N-dealkylation sites (tertiary alicyclic amines) is 1. The molecule has 4 rings (SSSR count). The summed E-state index contributed by atoms with van der Waals surface area (Å²) in [6.45, 7) is 7.31. The van der Waals surface area contributed by atoms with Crippen molar-refractivity contribution >= 4 is 10.9 Å². The largest absolute Gasteiger partial charge is 0.303 e. The van der Waals surface area contributed by atoms with Crippen LogP contribution in [-0.2, 0) is 0 Å². The lowest BCUT2D eigenvalue weighted by atomic mass is 9.85. The lowest BCUT2D eigenvalue weighted by Crippen LogP contribution is -2.38. The van der Waals surface area contributed by atoms with Gasteiger partial charge in [0.2, 0.25) is 0 Å². The quantitative estimate of drug-likeness (QED) is 0.707. The lowest BCUT2D eigenvalue weighted by molar-refractivity contribution is 0.139. The minimum absolute atomic E-state index is 0.0622. The number of halogens is 1. The molecule has 0 aliphatic carbocycles. The number of aryl methyl sites for hydroxylation is 3. The van der Waals surface area contributed by atoms with Crippen molar-refractivity contribution in [2.75, 3.05) is 20.1 Å². The van der Waals surface area contributed by atoms with Gasteiger partial charge in [-0.1, -0.05) is 0 Å². The average Bonchev–Trinajstić information content (AvgIpc) is 2.96. The molecule has 0 bridgehead atoms. The fourth-order valence-corrected chi connectivity index (χ4v) is 4.00. The van der Waals surface area contributed by atoms with E-state index in [1.54, 1.807) is 0 Å². The molecule has 1 aromatic carbocycles. The summed E-state index contributed by atoms with van der Waals surface area (Å²) >= 11 is 0. The van der Waals surface area contributed by atoms with Crippen LogP contribution in [0.1, 0.15) is 35.0 Å². The van der Waals surface area contributed by atoms with E-state index in [0.29, 0.717) is 6.54 Å². The summed E-state index contributed by atoms with van der Waals surface area (Å²) in [4.78, 5) is 10.9. The van der Waals surface area contributed by atoms with Crippen LogP contribution in [-0.4, -0.2) is 51.0 Å². The van der Waals surface area contributed by atoms with Gasteiger partial charge in [0.1, 0.15) is 12.0 Å². The summed E-state index contributed by atoms with van der Waals surface area (Å²) in [6.07, 6.45) is 1.84. The van der Waals surface area contributed by atoms with Crippen molar-refractivity contribution in [2.45, 2.75) is 39.3 Å². The van der Waals surface area contributed by atoms with E-state index in [4.69, 9.17) is 0 Å². The van der Waals surface area contributed by atoms with E-state index in [1.807, 2.05) is 37.8 Å². The third-order valence-electron chi connectivity index (χ3n) is 5.27. The highest BCUT2D eigenvalue weighted by atomic mass is 19.1. The van der Waals surface area contributed by atoms with Crippen LogP contribution in [0.2, 0.25) is 0 Å². The summed E-state index contributed by atoms with van der Waals surface area (Å²) < 4.78 is 16.6. The van der Waals surface area contributed by atoms with Crippen LogP contribution >= 0.6 is 0 Å². The predicted octanol–water partition coefficient (Wildman–Crippen LogP) is 3.50. The minimum atomic E-state index is -0.843. The van der Waals surface area contributed by atoms with Crippen LogP contribution in [0.4, 0.5) is 4.39 Å². The SMILES string of the molecule is Cc1cc(-n2ncc3cc(C)c(C4CCN(C)CC4F)cc32)nc(C)n1. The number of benzene rings is 1. The molecule has 3 aromatic rings. The number of nitrogens with zero attached hydrogens (tertiary/aromatic N) is 5. The maximum atomic E-state index is 14.7. The number of fused-ring (bicyclic) bond motifs is 1. The van der Waals surface area contributed by atoms with Gasteiger partial charge in [0.25, 0.3) is 0 Å². The molecule has 1 aliphatic heterocycles. The number of piperidine rings is 1. The minimum Gasteiger partial charge on any atom is -0.303 e. The van der Waals surface area contributed by atoms with Crippen molar-refractivity contribution in [1.82, 2.24) is 24.6 Å². The molecule has 5 nitrogen and oxygen atoms in total. The van der Waals surface area contributed by atoms with Crippen molar-refractivity contribution in [1.29, 1.82) is 0 Å². The number of hydrogen-bond acceptors (Lipinski definition) is 4. The zero-order valence-corrected chi connectivity index (χ0v) is 15.7. The van der Waals surface area contributed by atoms with Crippen LogP contribution in [0.15, 0.2) is 24.4 Å². The van der Waals surface area contributed by atoms with Crippen molar-refractivity contribution in [3.8, 4) is 5.82 Å². The highest BCUT2D eigenvalue weighted by Gasteiger charge is 2.30.